The van der Waals surface area contributed by atoms with E-state index in [1.165, 1.54) is 41.4 Å². The quantitative estimate of drug-likeness (QED) is 0.827. The highest BCUT2D eigenvalue weighted by atomic mass is 32.2. The topological polar surface area (TPSA) is 92.9 Å². The van der Waals surface area contributed by atoms with Gasteiger partial charge in [-0.3, -0.25) is 9.69 Å². The van der Waals surface area contributed by atoms with E-state index in [1.807, 2.05) is 0 Å². The van der Waals surface area contributed by atoms with Crippen molar-refractivity contribution in [2.45, 2.75) is 29.8 Å². The number of rotatable bonds is 4. The number of fused-ring (bicyclic) bond motifs is 1. The third-order valence-corrected chi connectivity index (χ3v) is 7.34. The number of nitrogens with two attached hydrogens (primary N) is 1. The molecule has 136 valence electrons. The third kappa shape index (κ3) is 3.19. The van der Waals surface area contributed by atoms with Crippen molar-refractivity contribution in [3.63, 3.8) is 0 Å². The van der Waals surface area contributed by atoms with Crippen molar-refractivity contribution < 1.29 is 17.9 Å². The summed E-state index contributed by atoms with van der Waals surface area (Å²) in [6, 6.07) is 6.38. The van der Waals surface area contributed by atoms with Gasteiger partial charge in [0.2, 0.25) is 15.9 Å². The number of primary amides is 1. The van der Waals surface area contributed by atoms with E-state index in [1.54, 1.807) is 0 Å². The average molecular weight is 365 g/mol. The van der Waals surface area contributed by atoms with Crippen LogP contribution in [-0.4, -0.2) is 68.5 Å². The fourth-order valence-corrected chi connectivity index (χ4v) is 5.36. The first-order valence-corrected chi connectivity index (χ1v) is 10.1. The Balaban J connectivity index is 1.50. The molecule has 1 aliphatic carbocycles. The average Bonchev–Trinajstić information content (AvgIpc) is 3.45. The predicted molar refractivity (Wildman–Crippen MR) is 91.5 cm³/mol. The van der Waals surface area contributed by atoms with E-state index in [2.05, 4.69) is 4.90 Å². The van der Waals surface area contributed by atoms with Crippen molar-refractivity contribution in [2.75, 3.05) is 32.8 Å². The van der Waals surface area contributed by atoms with Gasteiger partial charge in [0.15, 0.2) is 0 Å². The summed E-state index contributed by atoms with van der Waals surface area (Å²) in [7, 11) is -3.58. The molecule has 1 aromatic carbocycles. The highest BCUT2D eigenvalue weighted by Crippen LogP contribution is 2.38. The molecule has 2 saturated heterocycles. The van der Waals surface area contributed by atoms with Crippen molar-refractivity contribution in [2.24, 2.45) is 11.7 Å². The molecule has 2 heterocycles. The fourth-order valence-electron chi connectivity index (χ4n) is 3.89. The number of ether oxygens (including phenoxy) is 1. The lowest BCUT2D eigenvalue weighted by Crippen LogP contribution is -2.63. The Kier molecular flexibility index (Phi) is 4.31. The summed E-state index contributed by atoms with van der Waals surface area (Å²) < 4.78 is 33.1. The monoisotopic (exact) mass is 365 g/mol. The predicted octanol–water partition coefficient (Wildman–Crippen LogP) is 0.269. The lowest BCUT2D eigenvalue weighted by atomic mass is 10.0. The molecule has 0 spiro atoms. The summed E-state index contributed by atoms with van der Waals surface area (Å²) in [5.74, 6) is 0.148. The molecular weight excluding hydrogens is 342 g/mol. The zero-order valence-corrected chi connectivity index (χ0v) is 14.8. The standard InChI is InChI=1S/C17H23N3O4S/c18-17(21)13-3-5-15(6-4-13)25(22,23)19-7-8-20-14(9-19)10-24-11-16(20)12-1-2-12/h3-6,12,14,16H,1-2,7-11H2,(H2,18,21)/t14-,16-/m1/s1. The van der Waals surface area contributed by atoms with Gasteiger partial charge in [0.25, 0.3) is 0 Å². The van der Waals surface area contributed by atoms with E-state index < -0.39 is 15.9 Å². The van der Waals surface area contributed by atoms with Gasteiger partial charge >= 0.3 is 0 Å². The Hall–Kier alpha value is -1.48. The van der Waals surface area contributed by atoms with Gasteiger partial charge in [0.05, 0.1) is 18.1 Å². The zero-order chi connectivity index (χ0) is 17.6. The van der Waals surface area contributed by atoms with Gasteiger partial charge in [0, 0.05) is 37.3 Å². The first-order valence-electron chi connectivity index (χ1n) is 8.70. The van der Waals surface area contributed by atoms with Crippen LogP contribution in [0.3, 0.4) is 0 Å². The van der Waals surface area contributed by atoms with Crippen molar-refractivity contribution >= 4 is 15.9 Å². The summed E-state index contributed by atoms with van der Waals surface area (Å²) in [4.78, 5) is 13.8. The van der Waals surface area contributed by atoms with Gasteiger partial charge in [-0.1, -0.05) is 0 Å². The number of hydrogen-bond acceptors (Lipinski definition) is 5. The molecule has 7 nitrogen and oxygen atoms in total. The van der Waals surface area contributed by atoms with E-state index in [4.69, 9.17) is 10.5 Å². The minimum Gasteiger partial charge on any atom is -0.378 e. The van der Waals surface area contributed by atoms with E-state index in [9.17, 15) is 13.2 Å². The second kappa shape index (κ2) is 6.35. The van der Waals surface area contributed by atoms with Crippen LogP contribution in [0.2, 0.25) is 0 Å². The first kappa shape index (κ1) is 17.0. The van der Waals surface area contributed by atoms with Gasteiger partial charge < -0.3 is 10.5 Å². The molecular formula is C17H23N3O4S. The van der Waals surface area contributed by atoms with Gasteiger partial charge in [-0.05, 0) is 43.0 Å². The molecule has 0 unspecified atom stereocenters. The lowest BCUT2D eigenvalue weighted by molar-refractivity contribution is -0.0759. The van der Waals surface area contributed by atoms with Gasteiger partial charge in [-0.2, -0.15) is 4.31 Å². The van der Waals surface area contributed by atoms with Crippen LogP contribution >= 0.6 is 0 Å². The van der Waals surface area contributed by atoms with Gasteiger partial charge in [0.1, 0.15) is 0 Å². The maximum Gasteiger partial charge on any atom is 0.248 e. The summed E-state index contributed by atoms with van der Waals surface area (Å²) >= 11 is 0. The fraction of sp³-hybridized carbons (Fsp3) is 0.588. The number of sulfonamides is 1. The van der Waals surface area contributed by atoms with E-state index >= 15 is 0 Å². The van der Waals surface area contributed by atoms with Crippen LogP contribution in [0.5, 0.6) is 0 Å². The number of nitrogens with zero attached hydrogens (tertiary/aromatic N) is 2. The Labute approximate surface area is 147 Å². The lowest BCUT2D eigenvalue weighted by Gasteiger charge is -2.47. The third-order valence-electron chi connectivity index (χ3n) is 5.46. The minimum absolute atomic E-state index is 0.118. The SMILES string of the molecule is NC(=O)c1ccc(S(=O)(=O)N2CCN3[C@@H](COC[C@@H]3C3CC3)C2)cc1. The van der Waals surface area contributed by atoms with Crippen LogP contribution in [-0.2, 0) is 14.8 Å². The molecule has 0 aromatic heterocycles. The molecule has 0 bridgehead atoms. The van der Waals surface area contributed by atoms with E-state index in [0.29, 0.717) is 37.2 Å². The summed E-state index contributed by atoms with van der Waals surface area (Å²) in [6.07, 6.45) is 2.51. The Morgan fingerprint density at radius 1 is 1.12 bits per heavy atom. The number of morpholine rings is 1. The Morgan fingerprint density at radius 2 is 1.84 bits per heavy atom. The van der Waals surface area contributed by atoms with Gasteiger partial charge in [-0.15, -0.1) is 0 Å². The van der Waals surface area contributed by atoms with E-state index in [-0.39, 0.29) is 10.9 Å². The highest BCUT2D eigenvalue weighted by molar-refractivity contribution is 7.89. The molecule has 1 aromatic rings. The smallest absolute Gasteiger partial charge is 0.248 e. The highest BCUT2D eigenvalue weighted by Gasteiger charge is 2.44. The number of amides is 1. The molecule has 25 heavy (non-hydrogen) atoms. The second-order valence-electron chi connectivity index (χ2n) is 7.09. The van der Waals surface area contributed by atoms with Crippen LogP contribution < -0.4 is 5.73 Å². The molecule has 1 saturated carbocycles. The van der Waals surface area contributed by atoms with Crippen LogP contribution in [0.4, 0.5) is 0 Å². The number of carbonyl (C=O) groups excluding carboxylic acids is 1. The van der Waals surface area contributed by atoms with Crippen molar-refractivity contribution in [3.8, 4) is 0 Å². The maximum atomic E-state index is 12.9. The van der Waals surface area contributed by atoms with Crippen LogP contribution in [0, 0.1) is 5.92 Å². The van der Waals surface area contributed by atoms with Crippen LogP contribution in [0.15, 0.2) is 29.2 Å². The normalized spacial score (nSPS) is 28.5. The second-order valence-corrected chi connectivity index (χ2v) is 9.02. The molecule has 3 fully saturated rings. The number of hydrogen-bond donors (Lipinski definition) is 1. The molecule has 8 heteroatoms. The Bertz CT molecular complexity index is 761. The zero-order valence-electron chi connectivity index (χ0n) is 14.0. The number of benzene rings is 1. The van der Waals surface area contributed by atoms with Crippen LogP contribution in [0.1, 0.15) is 23.2 Å². The largest absolute Gasteiger partial charge is 0.378 e. The molecule has 3 aliphatic rings. The van der Waals surface area contributed by atoms with Crippen molar-refractivity contribution in [1.29, 1.82) is 0 Å². The van der Waals surface area contributed by atoms with Crippen LogP contribution in [0.25, 0.3) is 0 Å². The minimum atomic E-state index is -3.58. The number of piperazine rings is 1. The molecule has 2 N–H and O–H groups in total. The summed E-state index contributed by atoms with van der Waals surface area (Å²) in [5, 5.41) is 0. The van der Waals surface area contributed by atoms with Crippen molar-refractivity contribution in [3.05, 3.63) is 29.8 Å². The molecule has 0 radical (unpaired) electrons. The molecule has 1 amide bonds. The molecule has 2 aliphatic heterocycles. The molecule has 4 rings (SSSR count). The van der Waals surface area contributed by atoms with Crippen molar-refractivity contribution in [1.82, 2.24) is 9.21 Å². The number of carbonyl (C=O) groups is 1. The Morgan fingerprint density at radius 3 is 2.48 bits per heavy atom. The van der Waals surface area contributed by atoms with Gasteiger partial charge in [-0.25, -0.2) is 8.42 Å². The van der Waals surface area contributed by atoms with E-state index in [0.717, 1.165) is 13.2 Å². The molecule has 2 atom stereocenters. The maximum absolute atomic E-state index is 12.9. The summed E-state index contributed by atoms with van der Waals surface area (Å²) in [6.45, 7) is 3.02. The first-order chi connectivity index (χ1) is 12.0. The summed E-state index contributed by atoms with van der Waals surface area (Å²) in [5.41, 5.74) is 5.52.